The highest BCUT2D eigenvalue weighted by Gasteiger charge is 2.09. The molecule has 0 bridgehead atoms. The first-order valence-electron chi connectivity index (χ1n) is 7.61. The van der Waals surface area contributed by atoms with Crippen molar-refractivity contribution in [2.75, 3.05) is 19.5 Å². The number of rotatable bonds is 7. The number of carbonyl (C=O) groups excluding carboxylic acids is 2. The normalized spacial score (nSPS) is 10.4. The molecule has 0 saturated carbocycles. The Morgan fingerprint density at radius 2 is 1.85 bits per heavy atom. The molecule has 8 heteroatoms. The second-order valence-corrected chi connectivity index (χ2v) is 5.58. The molecule has 2 rings (SSSR count). The summed E-state index contributed by atoms with van der Waals surface area (Å²) in [5, 5.41) is 6.90. The van der Waals surface area contributed by atoms with Crippen molar-refractivity contribution in [2.45, 2.75) is 6.42 Å². The third-order valence-corrected chi connectivity index (χ3v) is 3.48. The molecule has 0 atom stereocenters. The van der Waals surface area contributed by atoms with E-state index < -0.39 is 11.8 Å². The van der Waals surface area contributed by atoms with Gasteiger partial charge in [0.25, 0.3) is 0 Å². The molecule has 0 aliphatic rings. The Balaban J connectivity index is 1.86. The van der Waals surface area contributed by atoms with E-state index in [1.165, 1.54) is 13.3 Å². The number of methoxy groups -OCH3 is 2. The number of hydrazone groups is 1. The summed E-state index contributed by atoms with van der Waals surface area (Å²) in [5.74, 6) is 0.127. The molecule has 2 amide bonds. The smallest absolute Gasteiger partial charge is 0.249 e. The fourth-order valence-electron chi connectivity index (χ4n) is 2.07. The van der Waals surface area contributed by atoms with Crippen molar-refractivity contribution < 1.29 is 19.1 Å². The maximum atomic E-state index is 11.8. The van der Waals surface area contributed by atoms with Crippen molar-refractivity contribution in [1.82, 2.24) is 5.43 Å². The van der Waals surface area contributed by atoms with E-state index in [1.807, 2.05) is 0 Å². The molecule has 0 saturated heterocycles. The Morgan fingerprint density at radius 3 is 2.54 bits per heavy atom. The molecule has 0 radical (unpaired) electrons. The van der Waals surface area contributed by atoms with Gasteiger partial charge in [0.05, 0.1) is 20.4 Å². The largest absolute Gasteiger partial charge is 0.493 e. The Morgan fingerprint density at radius 1 is 1.08 bits per heavy atom. The number of hydrogen-bond donors (Lipinski definition) is 2. The molecule has 2 N–H and O–H groups in total. The van der Waals surface area contributed by atoms with Crippen LogP contribution in [0.15, 0.2) is 47.6 Å². The summed E-state index contributed by atoms with van der Waals surface area (Å²) in [6.45, 7) is 0. The molecule has 26 heavy (non-hydrogen) atoms. The van der Waals surface area contributed by atoms with Crippen LogP contribution in [-0.2, 0) is 9.59 Å². The van der Waals surface area contributed by atoms with E-state index in [4.69, 9.17) is 21.1 Å². The first-order valence-corrected chi connectivity index (χ1v) is 7.99. The van der Waals surface area contributed by atoms with Crippen LogP contribution in [0.3, 0.4) is 0 Å². The van der Waals surface area contributed by atoms with E-state index in [-0.39, 0.29) is 6.42 Å². The summed E-state index contributed by atoms with van der Waals surface area (Å²) in [4.78, 5) is 23.6. The molecule has 0 unspecified atom stereocenters. The van der Waals surface area contributed by atoms with Gasteiger partial charge in [-0.3, -0.25) is 9.59 Å². The zero-order valence-electron chi connectivity index (χ0n) is 14.3. The zero-order chi connectivity index (χ0) is 18.9. The topological polar surface area (TPSA) is 89.0 Å². The van der Waals surface area contributed by atoms with Crippen LogP contribution in [0, 0.1) is 0 Å². The first kappa shape index (κ1) is 19.3. The van der Waals surface area contributed by atoms with Crippen LogP contribution in [0.4, 0.5) is 5.69 Å². The third kappa shape index (κ3) is 5.78. The van der Waals surface area contributed by atoms with Crippen molar-refractivity contribution >= 4 is 35.3 Å². The van der Waals surface area contributed by atoms with Gasteiger partial charge in [-0.05, 0) is 42.0 Å². The van der Waals surface area contributed by atoms with Gasteiger partial charge in [-0.25, -0.2) is 5.43 Å². The second-order valence-electron chi connectivity index (χ2n) is 5.14. The quantitative estimate of drug-likeness (QED) is 0.442. The van der Waals surface area contributed by atoms with Crippen molar-refractivity contribution in [2.24, 2.45) is 5.10 Å². The van der Waals surface area contributed by atoms with Crippen LogP contribution in [0.25, 0.3) is 0 Å². The number of carbonyl (C=O) groups is 2. The van der Waals surface area contributed by atoms with Crippen LogP contribution in [0.2, 0.25) is 5.02 Å². The lowest BCUT2D eigenvalue weighted by Crippen LogP contribution is -2.24. The molecule has 0 aliphatic carbocycles. The molecular weight excluding hydrogens is 358 g/mol. The minimum atomic E-state index is -0.541. The van der Waals surface area contributed by atoms with Crippen molar-refractivity contribution in [1.29, 1.82) is 0 Å². The lowest BCUT2D eigenvalue weighted by Gasteiger charge is -2.07. The Labute approximate surface area is 155 Å². The zero-order valence-corrected chi connectivity index (χ0v) is 15.0. The molecule has 2 aromatic carbocycles. The summed E-state index contributed by atoms with van der Waals surface area (Å²) in [7, 11) is 3.07. The predicted molar refractivity (Wildman–Crippen MR) is 100.0 cm³/mol. The average Bonchev–Trinajstić information content (AvgIpc) is 2.61. The van der Waals surface area contributed by atoms with Crippen molar-refractivity contribution in [3.8, 4) is 11.5 Å². The molecule has 0 heterocycles. The standard InChI is InChI=1S/C18H18ClN3O4/c1-25-15-7-6-12(8-16(15)26-2)11-20-22-18(24)10-17(23)21-14-5-3-4-13(19)9-14/h3-9,11H,10H2,1-2H3,(H,21,23)(H,22,24)/b20-11-. The van der Waals surface area contributed by atoms with Gasteiger partial charge in [-0.2, -0.15) is 5.10 Å². The average molecular weight is 376 g/mol. The summed E-state index contributed by atoms with van der Waals surface area (Å²) >= 11 is 5.83. The highest BCUT2D eigenvalue weighted by atomic mass is 35.5. The Kier molecular flexibility index (Phi) is 6.99. The van der Waals surface area contributed by atoms with Crippen molar-refractivity contribution in [3.05, 3.63) is 53.1 Å². The molecule has 0 aromatic heterocycles. The number of amides is 2. The molecular formula is C18H18ClN3O4. The Hall–Kier alpha value is -3.06. The molecule has 0 aliphatic heterocycles. The van der Waals surface area contributed by atoms with Crippen LogP contribution >= 0.6 is 11.6 Å². The highest BCUT2D eigenvalue weighted by molar-refractivity contribution is 6.30. The van der Waals surface area contributed by atoms with Gasteiger partial charge in [0, 0.05) is 10.7 Å². The number of hydrogen-bond acceptors (Lipinski definition) is 5. The van der Waals surface area contributed by atoms with Crippen LogP contribution in [0.5, 0.6) is 11.5 Å². The summed E-state index contributed by atoms with van der Waals surface area (Å²) in [5.41, 5.74) is 3.51. The highest BCUT2D eigenvalue weighted by Crippen LogP contribution is 2.26. The second kappa shape index (κ2) is 9.43. The van der Waals surface area contributed by atoms with E-state index in [1.54, 1.807) is 49.6 Å². The van der Waals surface area contributed by atoms with E-state index in [0.717, 1.165) is 0 Å². The summed E-state index contributed by atoms with van der Waals surface area (Å²) < 4.78 is 10.3. The number of halogens is 1. The first-order chi connectivity index (χ1) is 12.5. The summed E-state index contributed by atoms with van der Waals surface area (Å²) in [6.07, 6.45) is 1.07. The van der Waals surface area contributed by atoms with Gasteiger partial charge in [-0.15, -0.1) is 0 Å². The molecule has 0 fully saturated rings. The lowest BCUT2D eigenvalue weighted by molar-refractivity contribution is -0.126. The molecule has 136 valence electrons. The number of nitrogens with one attached hydrogen (secondary N) is 2. The number of ether oxygens (including phenoxy) is 2. The van der Waals surface area contributed by atoms with Gasteiger partial charge in [-0.1, -0.05) is 17.7 Å². The van der Waals surface area contributed by atoms with E-state index in [0.29, 0.717) is 27.8 Å². The van der Waals surface area contributed by atoms with Crippen LogP contribution in [0.1, 0.15) is 12.0 Å². The van der Waals surface area contributed by atoms with Gasteiger partial charge >= 0.3 is 0 Å². The van der Waals surface area contributed by atoms with Gasteiger partial charge in [0.1, 0.15) is 6.42 Å². The molecule has 7 nitrogen and oxygen atoms in total. The van der Waals surface area contributed by atoms with E-state index in [2.05, 4.69) is 15.8 Å². The van der Waals surface area contributed by atoms with Gasteiger partial charge in [0.15, 0.2) is 11.5 Å². The van der Waals surface area contributed by atoms with E-state index in [9.17, 15) is 9.59 Å². The minimum absolute atomic E-state index is 0.365. The van der Waals surface area contributed by atoms with Gasteiger partial charge in [0.2, 0.25) is 11.8 Å². The van der Waals surface area contributed by atoms with Gasteiger partial charge < -0.3 is 14.8 Å². The monoisotopic (exact) mass is 375 g/mol. The number of nitrogens with zero attached hydrogens (tertiary/aromatic N) is 1. The Bertz CT molecular complexity index is 824. The SMILES string of the molecule is COc1ccc(/C=N\NC(=O)CC(=O)Nc2cccc(Cl)c2)cc1OC. The maximum Gasteiger partial charge on any atom is 0.249 e. The third-order valence-electron chi connectivity index (χ3n) is 3.24. The van der Waals surface area contributed by atoms with Crippen LogP contribution < -0.4 is 20.2 Å². The predicted octanol–water partition coefficient (Wildman–Crippen LogP) is 2.84. The number of benzene rings is 2. The van der Waals surface area contributed by atoms with E-state index >= 15 is 0 Å². The summed E-state index contributed by atoms with van der Waals surface area (Å²) in [6, 6.07) is 11.8. The maximum absolute atomic E-state index is 11.8. The van der Waals surface area contributed by atoms with Crippen molar-refractivity contribution in [3.63, 3.8) is 0 Å². The molecule has 0 spiro atoms. The fraction of sp³-hybridized carbons (Fsp3) is 0.167. The lowest BCUT2D eigenvalue weighted by atomic mass is 10.2. The minimum Gasteiger partial charge on any atom is -0.493 e. The fourth-order valence-corrected chi connectivity index (χ4v) is 2.26. The number of anilines is 1. The van der Waals surface area contributed by atoms with Crippen LogP contribution in [-0.4, -0.2) is 32.2 Å². The molecule has 2 aromatic rings.